The van der Waals surface area contributed by atoms with Crippen LogP contribution in [0.15, 0.2) is 54.6 Å². The molecule has 0 fully saturated rings. The van der Waals surface area contributed by atoms with Crippen molar-refractivity contribution in [2.24, 2.45) is 0 Å². The summed E-state index contributed by atoms with van der Waals surface area (Å²) in [6.07, 6.45) is -1.16. The van der Waals surface area contributed by atoms with E-state index in [4.69, 9.17) is 22.1 Å². The summed E-state index contributed by atoms with van der Waals surface area (Å²) in [5.74, 6) is 3.78. The van der Waals surface area contributed by atoms with Crippen molar-refractivity contribution in [1.29, 1.82) is 0 Å². The fourth-order valence-corrected chi connectivity index (χ4v) is 2.40. The Labute approximate surface area is 182 Å². The first-order valence-corrected chi connectivity index (χ1v) is 9.50. The van der Waals surface area contributed by atoms with Crippen molar-refractivity contribution in [2.75, 3.05) is 19.8 Å². The Hall–Kier alpha value is -3.57. The zero-order chi connectivity index (χ0) is 22.5. The van der Waals surface area contributed by atoms with Crippen molar-refractivity contribution in [3.63, 3.8) is 0 Å². The van der Waals surface area contributed by atoms with Gasteiger partial charge in [-0.1, -0.05) is 48.4 Å². The van der Waals surface area contributed by atoms with E-state index < -0.39 is 24.6 Å². The average molecular weight is 419 g/mol. The molecule has 2 aromatic rings. The maximum absolute atomic E-state index is 12.5. The van der Waals surface area contributed by atoms with Gasteiger partial charge in [0.05, 0.1) is 6.54 Å². The third-order valence-corrected chi connectivity index (χ3v) is 4.02. The molecule has 1 atom stereocenters. The number of ketones is 1. The lowest BCUT2D eigenvalue weighted by atomic mass is 10.1. The van der Waals surface area contributed by atoms with Gasteiger partial charge in [0.2, 0.25) is 5.91 Å². The number of carbonyl (C=O) groups excluding carboxylic acids is 3. The van der Waals surface area contributed by atoms with Crippen LogP contribution in [0.5, 0.6) is 5.75 Å². The van der Waals surface area contributed by atoms with E-state index in [9.17, 15) is 14.4 Å². The minimum absolute atomic E-state index is 0.0532. The number of amides is 1. The molecule has 0 aliphatic heterocycles. The Morgan fingerprint density at radius 2 is 1.87 bits per heavy atom. The average Bonchev–Trinajstić information content (AvgIpc) is 2.78. The quantitative estimate of drug-likeness (QED) is 0.258. The van der Waals surface area contributed by atoms with Crippen LogP contribution in [0.2, 0.25) is 0 Å². The van der Waals surface area contributed by atoms with E-state index in [0.717, 1.165) is 5.56 Å². The zero-order valence-corrected chi connectivity index (χ0v) is 17.1. The largest absolute Gasteiger partial charge is 0.490 e. The highest BCUT2D eigenvalue weighted by atomic mass is 16.6. The molecule has 0 saturated carbocycles. The highest BCUT2D eigenvalue weighted by Gasteiger charge is 2.23. The summed E-state index contributed by atoms with van der Waals surface area (Å²) in [5.41, 5.74) is 1.28. The third kappa shape index (κ3) is 8.77. The molecule has 0 heterocycles. The highest BCUT2D eigenvalue weighted by molar-refractivity contribution is 6.22. The predicted octanol–water partition coefficient (Wildman–Crippen LogP) is 1.64. The molecule has 7 nitrogen and oxygen atoms in total. The number of benzene rings is 2. The van der Waals surface area contributed by atoms with Crippen molar-refractivity contribution in [1.82, 2.24) is 5.32 Å². The molecule has 1 amide bonds. The normalized spacial score (nSPS) is 10.9. The molecule has 2 aromatic carbocycles. The van der Waals surface area contributed by atoms with Gasteiger partial charge in [-0.25, -0.2) is 4.79 Å². The Morgan fingerprint density at radius 1 is 1.10 bits per heavy atom. The lowest BCUT2D eigenvalue weighted by molar-refractivity contribution is -0.161. The predicted molar refractivity (Wildman–Crippen MR) is 114 cm³/mol. The van der Waals surface area contributed by atoms with Gasteiger partial charge < -0.3 is 19.5 Å². The number of ether oxygens (including phenoxy) is 3. The number of esters is 1. The Balaban J connectivity index is 1.98. The summed E-state index contributed by atoms with van der Waals surface area (Å²) < 4.78 is 16.3. The van der Waals surface area contributed by atoms with Crippen molar-refractivity contribution in [3.8, 4) is 17.5 Å². The molecule has 1 unspecified atom stereocenters. The molecule has 0 aliphatic rings. The lowest BCUT2D eigenvalue weighted by Gasteiger charge is -2.18. The van der Waals surface area contributed by atoms with Crippen molar-refractivity contribution in [2.45, 2.75) is 19.6 Å². The van der Waals surface area contributed by atoms with Gasteiger partial charge >= 0.3 is 5.97 Å². The van der Waals surface area contributed by atoms with Crippen LogP contribution in [0.3, 0.4) is 0 Å². The van der Waals surface area contributed by atoms with Crippen molar-refractivity contribution < 1.29 is 28.6 Å². The van der Waals surface area contributed by atoms with Crippen molar-refractivity contribution in [3.05, 3.63) is 65.7 Å². The molecule has 0 saturated heterocycles. The second-order valence-corrected chi connectivity index (χ2v) is 6.39. The second-order valence-electron chi connectivity index (χ2n) is 6.39. The molecule has 0 bridgehead atoms. The zero-order valence-electron chi connectivity index (χ0n) is 17.1. The number of rotatable bonds is 11. The topological polar surface area (TPSA) is 90.9 Å². The van der Waals surface area contributed by atoms with Gasteiger partial charge in [-0.05, 0) is 24.6 Å². The fourth-order valence-electron chi connectivity index (χ4n) is 2.40. The molecule has 2 rings (SSSR count). The smallest absolute Gasteiger partial charge is 0.339 e. The number of Topliss-reactive ketones (excluding diaryl/α,β-unsaturated/α-hetero) is 1. The molecule has 8 heteroatoms. The third-order valence-electron chi connectivity index (χ3n) is 4.02. The number of hydrogen-bond acceptors (Lipinski definition) is 6. The highest BCUT2D eigenvalue weighted by Crippen LogP contribution is 2.15. The first kappa shape index (κ1) is 23.7. The molecule has 31 heavy (non-hydrogen) atoms. The first-order valence-electron chi connectivity index (χ1n) is 9.50. The van der Waals surface area contributed by atoms with Gasteiger partial charge in [0.25, 0.3) is 0 Å². The van der Waals surface area contributed by atoms with Gasteiger partial charge in [-0.3, -0.25) is 9.59 Å². The molecule has 1 N–H and O–H groups in total. The van der Waals surface area contributed by atoms with Crippen LogP contribution >= 0.6 is 0 Å². The van der Waals surface area contributed by atoms with Crippen LogP contribution in [0.4, 0.5) is 0 Å². The van der Waals surface area contributed by atoms with E-state index >= 15 is 0 Å². The van der Waals surface area contributed by atoms with E-state index in [1.54, 1.807) is 24.3 Å². The summed E-state index contributed by atoms with van der Waals surface area (Å²) in [7, 11) is 5.04. The van der Waals surface area contributed by atoms with E-state index in [0.29, 0.717) is 11.3 Å². The number of carbonyl (C=O) groups is 3. The van der Waals surface area contributed by atoms with Crippen molar-refractivity contribution >= 4 is 25.5 Å². The van der Waals surface area contributed by atoms with Crippen LogP contribution in [0.1, 0.15) is 22.8 Å². The summed E-state index contributed by atoms with van der Waals surface area (Å²) >= 11 is 0. The van der Waals surface area contributed by atoms with Gasteiger partial charge in [-0.15, -0.1) is 0 Å². The Morgan fingerprint density at radius 3 is 2.58 bits per heavy atom. The maximum atomic E-state index is 12.5. The molecule has 158 valence electrons. The molecular weight excluding hydrogens is 397 g/mol. The maximum Gasteiger partial charge on any atom is 0.339 e. The van der Waals surface area contributed by atoms with Crippen LogP contribution in [0.25, 0.3) is 0 Å². The van der Waals surface area contributed by atoms with Crippen LogP contribution in [0, 0.1) is 11.7 Å². The molecule has 0 aromatic heterocycles. The van der Waals surface area contributed by atoms with Gasteiger partial charge in [0.15, 0.2) is 19.7 Å². The Bertz CT molecular complexity index is 951. The summed E-state index contributed by atoms with van der Waals surface area (Å²) in [5, 5.41) is 2.48. The van der Waals surface area contributed by atoms with Gasteiger partial charge in [0, 0.05) is 5.56 Å². The SMILES string of the molecule is [B]C#CCNC(=O)COC(COc1cccc(C(C)=O)c1)C(=O)OCc1ccccc1. The number of hydrogen-bond donors (Lipinski definition) is 1. The number of nitrogens with one attached hydrogen (secondary N) is 1. The van der Waals surface area contributed by atoms with E-state index in [1.807, 2.05) is 30.3 Å². The fraction of sp³-hybridized carbons (Fsp3) is 0.261. The standard InChI is InChI=1S/C23H22BNO6/c1-17(26)19-9-5-10-20(13-19)29-15-21(30-16-22(27)25-12-6-11-24)23(28)31-14-18-7-3-2-4-8-18/h2-5,7-10,13,21H,12,14-16H2,1H3,(H,25,27). The summed E-state index contributed by atoms with van der Waals surface area (Å²) in [6, 6.07) is 15.7. The Kier molecular flexibility index (Phi) is 9.85. The van der Waals surface area contributed by atoms with E-state index in [2.05, 4.69) is 17.1 Å². The monoisotopic (exact) mass is 419 g/mol. The molecule has 0 spiro atoms. The van der Waals surface area contributed by atoms with E-state index in [1.165, 1.54) is 6.92 Å². The molecule has 0 aliphatic carbocycles. The minimum atomic E-state index is -1.16. The summed E-state index contributed by atoms with van der Waals surface area (Å²) in [6.45, 7) is 0.965. The lowest BCUT2D eigenvalue weighted by Crippen LogP contribution is -2.37. The minimum Gasteiger partial charge on any atom is -0.490 e. The van der Waals surface area contributed by atoms with Gasteiger partial charge in [-0.2, -0.15) is 5.82 Å². The van der Waals surface area contributed by atoms with Crippen LogP contribution in [-0.4, -0.2) is 51.4 Å². The van der Waals surface area contributed by atoms with Gasteiger partial charge in [0.1, 0.15) is 25.6 Å². The summed E-state index contributed by atoms with van der Waals surface area (Å²) in [4.78, 5) is 35.9. The van der Waals surface area contributed by atoms with Crippen LogP contribution in [-0.2, 0) is 25.7 Å². The van der Waals surface area contributed by atoms with E-state index in [-0.39, 0.29) is 25.5 Å². The molecular formula is C23H22BNO6. The first-order chi connectivity index (χ1) is 15.0. The second kappa shape index (κ2) is 12.9. The molecule has 2 radical (unpaired) electrons. The van der Waals surface area contributed by atoms with Crippen LogP contribution < -0.4 is 10.1 Å².